The maximum Gasteiger partial charge on any atom is 0.269 e. The van der Waals surface area contributed by atoms with E-state index in [4.69, 9.17) is 16.0 Å². The minimum Gasteiger partial charge on any atom is -0.507 e. The normalized spacial score (nSPS) is 11.8. The molecule has 156 valence electrons. The average Bonchev–Trinajstić information content (AvgIpc) is 3.31. The number of rotatable bonds is 4. The zero-order valence-corrected chi connectivity index (χ0v) is 16.9. The quantitative estimate of drug-likeness (QED) is 0.217. The smallest absolute Gasteiger partial charge is 0.269 e. The van der Waals surface area contributed by atoms with Crippen LogP contribution in [0.3, 0.4) is 0 Å². The molecule has 8 heteroatoms. The third-order valence-electron chi connectivity index (χ3n) is 5.33. The van der Waals surface area contributed by atoms with Crippen LogP contribution in [0.15, 0.2) is 71.1 Å². The molecule has 1 heterocycles. The Morgan fingerprint density at radius 1 is 0.969 bits per heavy atom. The van der Waals surface area contributed by atoms with Gasteiger partial charge >= 0.3 is 0 Å². The fourth-order valence-electron chi connectivity index (χ4n) is 3.85. The number of phenolic OH excluding ortho intramolecular Hbond substituents is 1. The van der Waals surface area contributed by atoms with E-state index < -0.39 is 10.7 Å². The second-order valence-corrected chi connectivity index (χ2v) is 7.62. The summed E-state index contributed by atoms with van der Waals surface area (Å²) in [7, 11) is 0. The summed E-state index contributed by atoms with van der Waals surface area (Å²) >= 11 is 6.01. The summed E-state index contributed by atoms with van der Waals surface area (Å²) in [5.74, 6) is -1.20. The van der Waals surface area contributed by atoms with Crippen LogP contribution >= 0.6 is 11.6 Å². The molecule has 32 heavy (non-hydrogen) atoms. The van der Waals surface area contributed by atoms with Crippen molar-refractivity contribution in [2.45, 2.75) is 0 Å². The van der Waals surface area contributed by atoms with Crippen LogP contribution < -0.4 is 0 Å². The highest BCUT2D eigenvalue weighted by Crippen LogP contribution is 2.46. The van der Waals surface area contributed by atoms with Crippen molar-refractivity contribution in [2.75, 3.05) is 0 Å². The summed E-state index contributed by atoms with van der Waals surface area (Å²) in [5.41, 5.74) is 1.56. The standard InChI is InChI=1S/C24H12ClNO6/c25-13-7-10-18(27)17(11-13)22(29)24-19(12-5-8-14(9-6-12)26(30)31)20-21(28)15-3-1-2-4-16(15)23(20)32-24/h1-11,27H. The molecule has 0 aliphatic heterocycles. The fourth-order valence-corrected chi connectivity index (χ4v) is 4.02. The number of benzene rings is 3. The molecule has 1 aromatic heterocycles. The maximum absolute atomic E-state index is 13.4. The van der Waals surface area contributed by atoms with Crippen molar-refractivity contribution in [3.8, 4) is 28.2 Å². The number of nitro groups is 1. The predicted molar refractivity (Wildman–Crippen MR) is 116 cm³/mol. The van der Waals surface area contributed by atoms with Crippen LogP contribution in [-0.4, -0.2) is 21.6 Å². The van der Waals surface area contributed by atoms with Crippen molar-refractivity contribution in [3.63, 3.8) is 0 Å². The average molecular weight is 446 g/mol. The topological polar surface area (TPSA) is 111 Å². The van der Waals surface area contributed by atoms with E-state index in [0.29, 0.717) is 16.7 Å². The summed E-state index contributed by atoms with van der Waals surface area (Å²) in [4.78, 5) is 37.1. The minimum atomic E-state index is -0.668. The SMILES string of the molecule is O=C(c1cc(Cl)ccc1O)c1oc2c(c1-c1ccc([N+](=O)[O-])cc1)C(=O)c1ccccc1-2. The molecule has 0 radical (unpaired) electrons. The lowest BCUT2D eigenvalue weighted by Gasteiger charge is -2.07. The van der Waals surface area contributed by atoms with E-state index >= 15 is 0 Å². The van der Waals surface area contributed by atoms with Crippen molar-refractivity contribution in [1.29, 1.82) is 0 Å². The van der Waals surface area contributed by atoms with E-state index in [2.05, 4.69) is 0 Å². The molecule has 1 aliphatic carbocycles. The van der Waals surface area contributed by atoms with Gasteiger partial charge in [0.05, 0.1) is 16.1 Å². The number of phenols is 1. The van der Waals surface area contributed by atoms with Gasteiger partial charge < -0.3 is 9.52 Å². The summed E-state index contributed by atoms with van der Waals surface area (Å²) in [6.45, 7) is 0. The van der Waals surface area contributed by atoms with Gasteiger partial charge in [-0.05, 0) is 35.9 Å². The summed E-state index contributed by atoms with van der Waals surface area (Å²) < 4.78 is 5.94. The minimum absolute atomic E-state index is 0.0891. The molecule has 4 aromatic rings. The van der Waals surface area contributed by atoms with Gasteiger partial charge in [0.1, 0.15) is 11.5 Å². The second-order valence-electron chi connectivity index (χ2n) is 7.18. The Morgan fingerprint density at radius 2 is 1.66 bits per heavy atom. The first kappa shape index (κ1) is 19.7. The molecule has 7 nitrogen and oxygen atoms in total. The van der Waals surface area contributed by atoms with Gasteiger partial charge in [0.2, 0.25) is 5.78 Å². The Morgan fingerprint density at radius 3 is 2.34 bits per heavy atom. The maximum atomic E-state index is 13.4. The van der Waals surface area contributed by atoms with Crippen LogP contribution in [0.1, 0.15) is 32.0 Å². The van der Waals surface area contributed by atoms with Gasteiger partial charge in [0, 0.05) is 33.8 Å². The van der Waals surface area contributed by atoms with Crippen LogP contribution in [0, 0.1) is 10.1 Å². The number of furan rings is 1. The van der Waals surface area contributed by atoms with E-state index in [1.165, 1.54) is 42.5 Å². The number of halogens is 1. The fraction of sp³-hybridized carbons (Fsp3) is 0. The second kappa shape index (κ2) is 7.18. The highest BCUT2D eigenvalue weighted by molar-refractivity contribution is 6.31. The van der Waals surface area contributed by atoms with Crippen LogP contribution in [0.2, 0.25) is 5.02 Å². The number of hydrogen-bond donors (Lipinski definition) is 1. The molecule has 5 rings (SSSR count). The monoisotopic (exact) mass is 445 g/mol. The van der Waals surface area contributed by atoms with Gasteiger partial charge in [0.25, 0.3) is 5.69 Å². The van der Waals surface area contributed by atoms with Gasteiger partial charge in [-0.2, -0.15) is 0 Å². The molecule has 0 amide bonds. The summed E-state index contributed by atoms with van der Waals surface area (Å²) in [6.07, 6.45) is 0. The molecular formula is C24H12ClNO6. The number of carbonyl (C=O) groups is 2. The van der Waals surface area contributed by atoms with E-state index in [1.807, 2.05) is 0 Å². The third kappa shape index (κ3) is 2.91. The number of nitrogens with zero attached hydrogens (tertiary/aromatic N) is 1. The molecule has 1 aliphatic rings. The van der Waals surface area contributed by atoms with E-state index in [1.54, 1.807) is 24.3 Å². The molecule has 1 N–H and O–H groups in total. The Kier molecular flexibility index (Phi) is 4.42. The van der Waals surface area contributed by atoms with E-state index in [9.17, 15) is 24.8 Å². The molecule has 0 bridgehead atoms. The Bertz CT molecular complexity index is 1450. The zero-order chi connectivity index (χ0) is 22.6. The molecule has 0 fully saturated rings. The Balaban J connectivity index is 1.77. The third-order valence-corrected chi connectivity index (χ3v) is 5.56. The van der Waals surface area contributed by atoms with E-state index in [-0.39, 0.29) is 50.5 Å². The molecule has 3 aromatic carbocycles. The largest absolute Gasteiger partial charge is 0.507 e. The van der Waals surface area contributed by atoms with Crippen molar-refractivity contribution in [1.82, 2.24) is 0 Å². The van der Waals surface area contributed by atoms with Gasteiger partial charge in [-0.25, -0.2) is 0 Å². The highest BCUT2D eigenvalue weighted by atomic mass is 35.5. The molecule has 0 spiro atoms. The van der Waals surface area contributed by atoms with Gasteiger partial charge in [-0.15, -0.1) is 0 Å². The summed E-state index contributed by atoms with van der Waals surface area (Å²) in [6, 6.07) is 16.4. The molecule has 0 saturated heterocycles. The predicted octanol–water partition coefficient (Wildman–Crippen LogP) is 5.66. The number of nitro benzene ring substituents is 1. The first-order valence-electron chi connectivity index (χ1n) is 9.45. The Hall–Kier alpha value is -4.23. The van der Waals surface area contributed by atoms with Crippen LogP contribution in [0.25, 0.3) is 22.5 Å². The lowest BCUT2D eigenvalue weighted by Crippen LogP contribution is -2.05. The molecular weight excluding hydrogens is 434 g/mol. The molecule has 0 atom stereocenters. The molecule has 0 unspecified atom stereocenters. The van der Waals surface area contributed by atoms with Crippen LogP contribution in [-0.2, 0) is 0 Å². The number of non-ortho nitro benzene ring substituents is 1. The van der Waals surface area contributed by atoms with Crippen LogP contribution in [0.5, 0.6) is 5.75 Å². The first-order chi connectivity index (χ1) is 15.4. The van der Waals surface area contributed by atoms with E-state index in [0.717, 1.165) is 0 Å². The van der Waals surface area contributed by atoms with Crippen molar-refractivity contribution >= 4 is 28.9 Å². The van der Waals surface area contributed by atoms with Crippen molar-refractivity contribution in [3.05, 3.63) is 104 Å². The first-order valence-corrected chi connectivity index (χ1v) is 9.83. The highest BCUT2D eigenvalue weighted by Gasteiger charge is 2.38. The lowest BCUT2D eigenvalue weighted by molar-refractivity contribution is -0.384. The number of fused-ring (bicyclic) bond motifs is 3. The van der Waals surface area contributed by atoms with Gasteiger partial charge in [-0.3, -0.25) is 19.7 Å². The van der Waals surface area contributed by atoms with Crippen LogP contribution in [0.4, 0.5) is 5.69 Å². The van der Waals surface area contributed by atoms with Crippen molar-refractivity contribution in [2.24, 2.45) is 0 Å². The zero-order valence-electron chi connectivity index (χ0n) is 16.2. The Labute approximate surface area is 185 Å². The lowest BCUT2D eigenvalue weighted by atomic mass is 9.95. The molecule has 0 saturated carbocycles. The number of aromatic hydroxyl groups is 1. The number of carbonyl (C=O) groups excluding carboxylic acids is 2. The van der Waals surface area contributed by atoms with Crippen molar-refractivity contribution < 1.29 is 24.0 Å². The number of ketones is 2. The summed E-state index contributed by atoms with van der Waals surface area (Å²) in [5, 5.41) is 21.5. The number of hydrogen-bond acceptors (Lipinski definition) is 6. The van der Waals surface area contributed by atoms with Gasteiger partial charge in [0.15, 0.2) is 11.5 Å². The van der Waals surface area contributed by atoms with Gasteiger partial charge in [-0.1, -0.05) is 35.9 Å².